The van der Waals surface area contributed by atoms with Crippen LogP contribution in [-0.2, 0) is 9.59 Å². The fraction of sp³-hybridized carbons (Fsp3) is 0.483. The molecule has 7 nitrogen and oxygen atoms in total. The molecule has 5 rings (SSSR count). The van der Waals surface area contributed by atoms with E-state index in [1.807, 2.05) is 42.2 Å². The van der Waals surface area contributed by atoms with Crippen LogP contribution in [0.3, 0.4) is 0 Å². The van der Waals surface area contributed by atoms with Gasteiger partial charge in [-0.15, -0.1) is 0 Å². The molecule has 1 aliphatic heterocycles. The monoisotopic (exact) mass is 487 g/mol. The Morgan fingerprint density at radius 2 is 1.78 bits per heavy atom. The molecule has 1 aliphatic carbocycles. The lowest BCUT2D eigenvalue weighted by molar-refractivity contribution is -0.139. The summed E-state index contributed by atoms with van der Waals surface area (Å²) < 4.78 is 0. The van der Waals surface area contributed by atoms with Crippen molar-refractivity contribution in [2.75, 3.05) is 13.6 Å². The number of hydrogen-bond acceptors (Lipinski definition) is 4. The number of benzene rings is 2. The second-order valence-corrected chi connectivity index (χ2v) is 10.3. The fourth-order valence-electron chi connectivity index (χ4n) is 5.81. The number of imidazole rings is 1. The molecular formula is C29H37N5O2. The van der Waals surface area contributed by atoms with Crippen LogP contribution in [0.1, 0.15) is 63.7 Å². The summed E-state index contributed by atoms with van der Waals surface area (Å²) in [6.45, 7) is 2.52. The third-order valence-electron chi connectivity index (χ3n) is 7.98. The second kappa shape index (κ2) is 10.8. The molecule has 190 valence electrons. The summed E-state index contributed by atoms with van der Waals surface area (Å²) >= 11 is 0. The van der Waals surface area contributed by atoms with E-state index in [0.29, 0.717) is 6.54 Å². The molecule has 3 aromatic rings. The predicted molar refractivity (Wildman–Crippen MR) is 142 cm³/mol. The zero-order valence-electron chi connectivity index (χ0n) is 21.3. The molecule has 0 spiro atoms. The predicted octanol–water partition coefficient (Wildman–Crippen LogP) is 4.57. The van der Waals surface area contributed by atoms with Crippen molar-refractivity contribution in [1.82, 2.24) is 25.5 Å². The van der Waals surface area contributed by atoms with Crippen LogP contribution in [0.4, 0.5) is 0 Å². The molecule has 2 fully saturated rings. The maximum absolute atomic E-state index is 14.0. The summed E-state index contributed by atoms with van der Waals surface area (Å²) in [6, 6.07) is 15.5. The molecule has 7 heteroatoms. The fourth-order valence-corrected chi connectivity index (χ4v) is 5.81. The molecule has 3 N–H and O–H groups in total. The molecule has 0 radical (unpaired) electrons. The van der Waals surface area contributed by atoms with Crippen molar-refractivity contribution in [3.63, 3.8) is 0 Å². The number of carbonyl (C=O) groups is 2. The molecule has 2 amide bonds. The average molecular weight is 488 g/mol. The highest BCUT2D eigenvalue weighted by molar-refractivity contribution is 5.92. The minimum atomic E-state index is -0.488. The summed E-state index contributed by atoms with van der Waals surface area (Å²) in [7, 11) is 1.77. The van der Waals surface area contributed by atoms with Gasteiger partial charge < -0.3 is 20.5 Å². The SMILES string of the molecule is CN[C@@H](C)C(=O)N[C@H](C(=O)N1CCC[C@H]1c1nc2c(-c3ccccc3)cccc2[nH]1)C1CCCCC1. The van der Waals surface area contributed by atoms with Crippen molar-refractivity contribution < 1.29 is 9.59 Å². The average Bonchev–Trinajstić information content (AvgIpc) is 3.59. The number of para-hydroxylation sites is 1. The van der Waals surface area contributed by atoms with Crippen LogP contribution < -0.4 is 10.6 Å². The van der Waals surface area contributed by atoms with Gasteiger partial charge in [-0.2, -0.15) is 0 Å². The van der Waals surface area contributed by atoms with E-state index >= 15 is 0 Å². The first kappa shape index (κ1) is 24.5. The number of likely N-dealkylation sites (tertiary alicyclic amines) is 1. The summed E-state index contributed by atoms with van der Waals surface area (Å²) in [5, 5.41) is 6.12. The van der Waals surface area contributed by atoms with Crippen molar-refractivity contribution in [2.24, 2.45) is 5.92 Å². The first-order valence-corrected chi connectivity index (χ1v) is 13.4. The first-order valence-electron chi connectivity index (χ1n) is 13.4. The van der Waals surface area contributed by atoms with Gasteiger partial charge in [0.05, 0.1) is 23.1 Å². The van der Waals surface area contributed by atoms with E-state index in [-0.39, 0.29) is 29.8 Å². The molecule has 0 bridgehead atoms. The number of carbonyl (C=O) groups excluding carboxylic acids is 2. The summed E-state index contributed by atoms with van der Waals surface area (Å²) in [5.74, 6) is 0.926. The summed E-state index contributed by atoms with van der Waals surface area (Å²) in [6.07, 6.45) is 7.18. The summed E-state index contributed by atoms with van der Waals surface area (Å²) in [4.78, 5) is 37.4. The van der Waals surface area contributed by atoms with E-state index in [0.717, 1.165) is 66.5 Å². The Hall–Kier alpha value is -3.19. The smallest absolute Gasteiger partial charge is 0.246 e. The summed E-state index contributed by atoms with van der Waals surface area (Å²) in [5.41, 5.74) is 4.11. The van der Waals surface area contributed by atoms with Crippen molar-refractivity contribution in [2.45, 2.75) is 70.0 Å². The number of nitrogens with one attached hydrogen (secondary N) is 3. The molecule has 2 heterocycles. The Kier molecular flexibility index (Phi) is 7.37. The van der Waals surface area contributed by atoms with Crippen LogP contribution in [0.15, 0.2) is 48.5 Å². The molecule has 36 heavy (non-hydrogen) atoms. The Morgan fingerprint density at radius 3 is 2.53 bits per heavy atom. The molecular weight excluding hydrogens is 450 g/mol. The Bertz CT molecular complexity index is 1200. The number of aromatic amines is 1. The van der Waals surface area contributed by atoms with Crippen LogP contribution in [0.2, 0.25) is 0 Å². The van der Waals surface area contributed by atoms with Crippen LogP contribution >= 0.6 is 0 Å². The van der Waals surface area contributed by atoms with E-state index < -0.39 is 6.04 Å². The quantitative estimate of drug-likeness (QED) is 0.456. The number of likely N-dealkylation sites (N-methyl/N-ethyl adjacent to an activating group) is 1. The third-order valence-corrected chi connectivity index (χ3v) is 7.98. The highest BCUT2D eigenvalue weighted by Crippen LogP contribution is 2.36. The molecule has 1 saturated heterocycles. The zero-order valence-corrected chi connectivity index (χ0v) is 21.3. The number of rotatable bonds is 7. The van der Waals surface area contributed by atoms with Gasteiger partial charge >= 0.3 is 0 Å². The zero-order chi connectivity index (χ0) is 25.1. The van der Waals surface area contributed by atoms with E-state index in [9.17, 15) is 9.59 Å². The molecule has 2 aromatic carbocycles. The Labute approximate surface area is 213 Å². The molecule has 2 aliphatic rings. The lowest BCUT2D eigenvalue weighted by Gasteiger charge is -2.35. The molecule has 3 atom stereocenters. The molecule has 0 unspecified atom stereocenters. The standard InChI is InChI=1S/C29H37N5O2/c1-19(30-2)28(35)33-25(21-13-7-4-8-14-21)29(36)34-18-10-17-24(34)27-31-23-16-9-15-22(26(23)32-27)20-11-5-3-6-12-20/h3,5-6,9,11-12,15-16,19,21,24-25,30H,4,7-8,10,13-14,17-18H2,1-2H3,(H,31,32)(H,33,35)/t19-,24-,25-/m0/s1. The van der Waals surface area contributed by atoms with E-state index in [4.69, 9.17) is 4.98 Å². The van der Waals surface area contributed by atoms with Crippen molar-refractivity contribution >= 4 is 22.8 Å². The van der Waals surface area contributed by atoms with Gasteiger partial charge in [0, 0.05) is 12.1 Å². The number of hydrogen-bond donors (Lipinski definition) is 3. The lowest BCUT2D eigenvalue weighted by atomic mass is 9.83. The maximum Gasteiger partial charge on any atom is 0.246 e. The first-order chi connectivity index (χ1) is 17.6. The van der Waals surface area contributed by atoms with Gasteiger partial charge in [0.25, 0.3) is 0 Å². The van der Waals surface area contributed by atoms with Gasteiger partial charge in [0.2, 0.25) is 11.8 Å². The Balaban J connectivity index is 1.44. The van der Waals surface area contributed by atoms with Gasteiger partial charge in [-0.25, -0.2) is 4.98 Å². The van der Waals surface area contributed by atoms with Crippen LogP contribution in [0.25, 0.3) is 22.2 Å². The minimum absolute atomic E-state index is 0.0322. The topological polar surface area (TPSA) is 90.1 Å². The molecule has 1 aromatic heterocycles. The maximum atomic E-state index is 14.0. The normalized spacial score (nSPS) is 20.4. The van der Waals surface area contributed by atoms with E-state index in [2.05, 4.69) is 33.8 Å². The van der Waals surface area contributed by atoms with Crippen LogP contribution in [0, 0.1) is 5.92 Å². The largest absolute Gasteiger partial charge is 0.343 e. The number of nitrogens with zero attached hydrogens (tertiary/aromatic N) is 2. The van der Waals surface area contributed by atoms with Gasteiger partial charge in [-0.1, -0.05) is 61.7 Å². The number of fused-ring (bicyclic) bond motifs is 1. The van der Waals surface area contributed by atoms with Crippen LogP contribution in [0.5, 0.6) is 0 Å². The second-order valence-electron chi connectivity index (χ2n) is 10.3. The third kappa shape index (κ3) is 4.89. The van der Waals surface area contributed by atoms with Gasteiger partial charge in [0.15, 0.2) is 0 Å². The van der Waals surface area contributed by atoms with E-state index in [1.165, 1.54) is 6.42 Å². The molecule has 1 saturated carbocycles. The van der Waals surface area contributed by atoms with Crippen LogP contribution in [-0.4, -0.2) is 52.4 Å². The number of amides is 2. The highest BCUT2D eigenvalue weighted by Gasteiger charge is 2.40. The van der Waals surface area contributed by atoms with Crippen molar-refractivity contribution in [1.29, 1.82) is 0 Å². The van der Waals surface area contributed by atoms with E-state index in [1.54, 1.807) is 7.05 Å². The number of H-pyrrole nitrogens is 1. The van der Waals surface area contributed by atoms with Crippen molar-refractivity contribution in [3.05, 3.63) is 54.4 Å². The lowest BCUT2D eigenvalue weighted by Crippen LogP contribution is -2.55. The van der Waals surface area contributed by atoms with Crippen molar-refractivity contribution in [3.8, 4) is 11.1 Å². The van der Waals surface area contributed by atoms with Gasteiger partial charge in [0.1, 0.15) is 11.9 Å². The number of aromatic nitrogens is 2. The minimum Gasteiger partial charge on any atom is -0.343 e. The van der Waals surface area contributed by atoms with Gasteiger partial charge in [-0.05, 0) is 57.2 Å². The van der Waals surface area contributed by atoms with Gasteiger partial charge in [-0.3, -0.25) is 9.59 Å². The Morgan fingerprint density at radius 1 is 1.00 bits per heavy atom. The highest BCUT2D eigenvalue weighted by atomic mass is 16.2.